The number of unbranched alkanes of at least 4 members (excludes halogenated alkanes) is 1. The molecular weight excluding hydrogens is 298 g/mol. The van der Waals surface area contributed by atoms with Gasteiger partial charge < -0.3 is 9.94 Å². The summed E-state index contributed by atoms with van der Waals surface area (Å²) < 4.78 is 5.76. The van der Waals surface area contributed by atoms with Gasteiger partial charge in [0, 0.05) is 19.2 Å². The first-order chi connectivity index (χ1) is 10.6. The molecule has 0 unspecified atom stereocenters. The van der Waals surface area contributed by atoms with Crippen molar-refractivity contribution in [2.45, 2.75) is 25.9 Å². The first kappa shape index (κ1) is 15.2. The number of ketones is 1. The van der Waals surface area contributed by atoms with E-state index in [1.165, 1.54) is 16.4 Å². The Hall–Kier alpha value is -1.69. The smallest absolute Gasteiger partial charge is 0.207 e. The van der Waals surface area contributed by atoms with Crippen LogP contribution in [0.1, 0.15) is 39.2 Å². The summed E-state index contributed by atoms with van der Waals surface area (Å²) in [6, 6.07) is 7.83. The number of thiophene rings is 1. The van der Waals surface area contributed by atoms with Gasteiger partial charge >= 0.3 is 0 Å². The molecule has 0 saturated heterocycles. The molecule has 3 rings (SSSR count). The van der Waals surface area contributed by atoms with Crippen molar-refractivity contribution in [3.8, 4) is 5.75 Å². The third-order valence-electron chi connectivity index (χ3n) is 3.82. The van der Waals surface area contributed by atoms with Crippen molar-refractivity contribution in [2.24, 2.45) is 0 Å². The molecule has 2 aromatic rings. The summed E-state index contributed by atoms with van der Waals surface area (Å²) in [6.45, 7) is 1.12. The summed E-state index contributed by atoms with van der Waals surface area (Å²) in [5.74, 6) is 0.738. The van der Waals surface area contributed by atoms with Gasteiger partial charge in [0.25, 0.3) is 0 Å². The predicted molar refractivity (Wildman–Crippen MR) is 85.9 cm³/mol. The van der Waals surface area contributed by atoms with Crippen LogP contribution in [0.15, 0.2) is 29.6 Å². The Morgan fingerprint density at radius 3 is 3.00 bits per heavy atom. The van der Waals surface area contributed by atoms with Crippen molar-refractivity contribution in [2.75, 3.05) is 13.6 Å². The highest BCUT2D eigenvalue weighted by atomic mass is 32.1. The van der Waals surface area contributed by atoms with E-state index < -0.39 is 0 Å². The molecule has 0 aliphatic carbocycles. The molecule has 4 nitrogen and oxygen atoms in total. The number of carbonyl (C=O) groups excluding carboxylic acids is 1. The molecule has 1 aliphatic rings. The molecule has 0 amide bonds. The fourth-order valence-electron chi connectivity index (χ4n) is 2.63. The lowest BCUT2D eigenvalue weighted by Crippen LogP contribution is -2.13. The molecule has 0 atom stereocenters. The van der Waals surface area contributed by atoms with Gasteiger partial charge in [0.1, 0.15) is 12.4 Å². The Balaban J connectivity index is 1.76. The molecule has 0 bridgehead atoms. The number of nitrogens with zero attached hydrogens (tertiary/aromatic N) is 1. The second-order valence-electron chi connectivity index (χ2n) is 5.56. The van der Waals surface area contributed by atoms with E-state index >= 15 is 0 Å². The fourth-order valence-corrected chi connectivity index (χ4v) is 3.50. The van der Waals surface area contributed by atoms with E-state index in [0.29, 0.717) is 24.5 Å². The van der Waals surface area contributed by atoms with Crippen molar-refractivity contribution in [1.82, 2.24) is 5.06 Å². The number of hydroxylamine groups is 2. The number of carbonyl (C=O) groups is 1. The van der Waals surface area contributed by atoms with Crippen LogP contribution in [0.25, 0.3) is 0 Å². The summed E-state index contributed by atoms with van der Waals surface area (Å²) >= 11 is 1.48. The van der Waals surface area contributed by atoms with Crippen LogP contribution >= 0.6 is 11.3 Å². The van der Waals surface area contributed by atoms with Crippen LogP contribution < -0.4 is 4.74 Å². The average Bonchev–Trinajstić information content (AvgIpc) is 2.93. The van der Waals surface area contributed by atoms with Crippen molar-refractivity contribution in [1.29, 1.82) is 0 Å². The van der Waals surface area contributed by atoms with Gasteiger partial charge in [0.15, 0.2) is 0 Å². The van der Waals surface area contributed by atoms with E-state index in [1.54, 1.807) is 7.05 Å². The topological polar surface area (TPSA) is 49.8 Å². The molecule has 1 N–H and O–H groups in total. The highest BCUT2D eigenvalue weighted by Gasteiger charge is 2.23. The van der Waals surface area contributed by atoms with Gasteiger partial charge in [-0.2, -0.15) is 5.06 Å². The largest absolute Gasteiger partial charge is 0.488 e. The summed E-state index contributed by atoms with van der Waals surface area (Å²) in [5.41, 5.74) is 2.77. The number of hydrogen-bond acceptors (Lipinski definition) is 5. The van der Waals surface area contributed by atoms with E-state index in [9.17, 15) is 4.79 Å². The van der Waals surface area contributed by atoms with E-state index in [0.717, 1.165) is 35.3 Å². The SMILES string of the molecule is CN(O)CCCCc1ccc2c(c1)C(=O)c1sccc1CO2. The van der Waals surface area contributed by atoms with Crippen molar-refractivity contribution in [3.05, 3.63) is 51.2 Å². The Morgan fingerprint density at radius 2 is 2.18 bits per heavy atom. The standard InChI is InChI=1S/C17H19NO3S/c1-18(20)8-3-2-4-12-5-6-15-14(10-12)16(19)17-13(11-21-15)7-9-22-17/h5-7,9-10,20H,2-4,8,11H2,1H3. The molecule has 1 aromatic heterocycles. The van der Waals surface area contributed by atoms with E-state index in [4.69, 9.17) is 9.94 Å². The van der Waals surface area contributed by atoms with Gasteiger partial charge in [-0.05, 0) is 48.4 Å². The molecule has 0 fully saturated rings. The second kappa shape index (κ2) is 6.60. The van der Waals surface area contributed by atoms with Crippen LogP contribution in [0.2, 0.25) is 0 Å². The summed E-state index contributed by atoms with van der Waals surface area (Å²) in [7, 11) is 1.65. The average molecular weight is 317 g/mol. The van der Waals surface area contributed by atoms with Crippen molar-refractivity contribution < 1.29 is 14.7 Å². The summed E-state index contributed by atoms with van der Waals surface area (Å²) in [4.78, 5) is 13.4. The Bertz CT molecular complexity index is 678. The molecule has 116 valence electrons. The van der Waals surface area contributed by atoms with E-state index in [1.807, 2.05) is 29.6 Å². The maximum atomic E-state index is 12.7. The van der Waals surface area contributed by atoms with Crippen molar-refractivity contribution in [3.63, 3.8) is 0 Å². The Kier molecular flexibility index (Phi) is 4.57. The lowest BCUT2D eigenvalue weighted by Gasteiger charge is -2.10. The highest BCUT2D eigenvalue weighted by Crippen LogP contribution is 2.32. The number of ether oxygens (including phenoxy) is 1. The fraction of sp³-hybridized carbons (Fsp3) is 0.353. The van der Waals surface area contributed by atoms with Crippen LogP contribution in [0.3, 0.4) is 0 Å². The minimum Gasteiger partial charge on any atom is -0.488 e. The van der Waals surface area contributed by atoms with Gasteiger partial charge in [-0.25, -0.2) is 0 Å². The Morgan fingerprint density at radius 1 is 1.32 bits per heavy atom. The minimum absolute atomic E-state index is 0.0643. The first-order valence-electron chi connectivity index (χ1n) is 7.42. The first-order valence-corrected chi connectivity index (χ1v) is 8.30. The highest BCUT2D eigenvalue weighted by molar-refractivity contribution is 7.12. The molecule has 22 heavy (non-hydrogen) atoms. The van der Waals surface area contributed by atoms with Crippen LogP contribution in [-0.2, 0) is 13.0 Å². The molecule has 0 spiro atoms. The van der Waals surface area contributed by atoms with Crippen LogP contribution in [0.4, 0.5) is 0 Å². The quantitative estimate of drug-likeness (QED) is 0.677. The minimum atomic E-state index is 0.0643. The molecule has 1 aromatic carbocycles. The third kappa shape index (κ3) is 3.21. The van der Waals surface area contributed by atoms with Crippen molar-refractivity contribution >= 4 is 17.1 Å². The normalized spacial score (nSPS) is 13.5. The lowest BCUT2D eigenvalue weighted by atomic mass is 10.0. The van der Waals surface area contributed by atoms with E-state index in [-0.39, 0.29) is 5.78 Å². The maximum absolute atomic E-state index is 12.7. The van der Waals surface area contributed by atoms with Crippen LogP contribution in [0.5, 0.6) is 5.75 Å². The zero-order valence-corrected chi connectivity index (χ0v) is 13.4. The zero-order valence-electron chi connectivity index (χ0n) is 12.5. The van der Waals surface area contributed by atoms with Gasteiger partial charge in [-0.15, -0.1) is 11.3 Å². The number of benzene rings is 1. The van der Waals surface area contributed by atoms with Crippen LogP contribution in [0, 0.1) is 0 Å². The van der Waals surface area contributed by atoms with Gasteiger partial charge in [0.05, 0.1) is 10.4 Å². The number of aryl methyl sites for hydroxylation is 1. The van der Waals surface area contributed by atoms with Crippen LogP contribution in [-0.4, -0.2) is 29.6 Å². The van der Waals surface area contributed by atoms with Gasteiger partial charge in [0.2, 0.25) is 5.78 Å². The molecule has 1 aliphatic heterocycles. The monoisotopic (exact) mass is 317 g/mol. The number of hydrogen-bond donors (Lipinski definition) is 1. The predicted octanol–water partition coefficient (Wildman–Crippen LogP) is 3.52. The molecular formula is C17H19NO3S. The number of rotatable bonds is 5. The third-order valence-corrected chi connectivity index (χ3v) is 4.78. The molecule has 2 heterocycles. The lowest BCUT2D eigenvalue weighted by molar-refractivity contribution is -0.0654. The maximum Gasteiger partial charge on any atom is 0.207 e. The summed E-state index contributed by atoms with van der Waals surface area (Å²) in [5, 5.41) is 12.3. The molecule has 0 radical (unpaired) electrons. The Labute approximate surface area is 133 Å². The zero-order chi connectivity index (χ0) is 15.5. The van der Waals surface area contributed by atoms with E-state index in [2.05, 4.69) is 0 Å². The molecule has 5 heteroatoms. The van der Waals surface area contributed by atoms with Gasteiger partial charge in [-0.1, -0.05) is 6.07 Å². The summed E-state index contributed by atoms with van der Waals surface area (Å²) in [6.07, 6.45) is 2.79. The molecule has 0 saturated carbocycles. The number of fused-ring (bicyclic) bond motifs is 2. The second-order valence-corrected chi connectivity index (χ2v) is 6.48. The van der Waals surface area contributed by atoms with Gasteiger partial charge in [-0.3, -0.25) is 4.79 Å².